The summed E-state index contributed by atoms with van der Waals surface area (Å²) in [7, 11) is 1.26. The Kier molecular flexibility index (Phi) is 6.32. The second-order valence-corrected chi connectivity index (χ2v) is 4.35. The van der Waals surface area contributed by atoms with Gasteiger partial charge < -0.3 is 14.8 Å². The normalized spacial score (nSPS) is 11.7. The Hall–Kier alpha value is -1.59. The number of carbonyl (C=O) groups excluding carboxylic acids is 2. The quantitative estimate of drug-likeness (QED) is 0.805. The van der Waals surface area contributed by atoms with Crippen LogP contribution in [0.25, 0.3) is 0 Å². The molecule has 1 unspecified atom stereocenters. The van der Waals surface area contributed by atoms with Crippen LogP contribution in [0.4, 0.5) is 0 Å². The molecular weight excluding hydrogens is 270 g/mol. The number of hydrogen-bond donors (Lipinski definition) is 1. The highest BCUT2D eigenvalue weighted by Crippen LogP contribution is 2.10. The van der Waals surface area contributed by atoms with Gasteiger partial charge in [-0.15, -0.1) is 0 Å². The third kappa shape index (κ3) is 5.72. The fraction of sp³-hybridized carbons (Fsp3) is 0.385. The van der Waals surface area contributed by atoms with Gasteiger partial charge in [-0.3, -0.25) is 4.79 Å². The fourth-order valence-electron chi connectivity index (χ4n) is 1.43. The van der Waals surface area contributed by atoms with E-state index in [0.29, 0.717) is 11.6 Å². The highest BCUT2D eigenvalue weighted by atomic mass is 35.5. The van der Waals surface area contributed by atoms with E-state index in [4.69, 9.17) is 16.3 Å². The molecule has 0 saturated heterocycles. The second kappa shape index (κ2) is 7.76. The summed E-state index contributed by atoms with van der Waals surface area (Å²) >= 11 is 5.76. The lowest BCUT2D eigenvalue weighted by molar-refractivity contribution is -0.146. The average molecular weight is 286 g/mol. The summed E-state index contributed by atoms with van der Waals surface area (Å²) in [5.74, 6) is -0.850. The summed E-state index contributed by atoms with van der Waals surface area (Å²) in [4.78, 5) is 22.4. The number of amides is 1. The van der Waals surface area contributed by atoms with Crippen molar-refractivity contribution in [3.8, 4) is 0 Å². The van der Waals surface area contributed by atoms with Crippen molar-refractivity contribution in [3.63, 3.8) is 0 Å². The summed E-state index contributed by atoms with van der Waals surface area (Å²) < 4.78 is 9.97. The van der Waals surface area contributed by atoms with Gasteiger partial charge in [-0.2, -0.15) is 0 Å². The van der Waals surface area contributed by atoms with Crippen LogP contribution >= 0.6 is 11.6 Å². The minimum atomic E-state index is -0.796. The van der Waals surface area contributed by atoms with E-state index in [1.807, 2.05) is 12.1 Å². The van der Waals surface area contributed by atoms with Gasteiger partial charge in [-0.05, 0) is 17.7 Å². The molecule has 1 rings (SSSR count). The van der Waals surface area contributed by atoms with Crippen molar-refractivity contribution >= 4 is 23.5 Å². The molecule has 0 aromatic heterocycles. The Morgan fingerprint density at radius 3 is 2.47 bits per heavy atom. The van der Waals surface area contributed by atoms with Crippen LogP contribution in [0.5, 0.6) is 0 Å². The number of esters is 1. The monoisotopic (exact) mass is 285 g/mol. The van der Waals surface area contributed by atoms with E-state index in [1.54, 1.807) is 12.1 Å². The van der Waals surface area contributed by atoms with Crippen LogP contribution in [-0.2, 0) is 25.7 Å². The summed E-state index contributed by atoms with van der Waals surface area (Å²) in [6.45, 7) is 1.70. The number of nitrogens with one attached hydrogen (secondary N) is 1. The first-order valence-electron chi connectivity index (χ1n) is 5.70. The van der Waals surface area contributed by atoms with Gasteiger partial charge in [-0.25, -0.2) is 4.79 Å². The minimum absolute atomic E-state index is 0.0505. The van der Waals surface area contributed by atoms with Gasteiger partial charge in [0.05, 0.1) is 20.3 Å². The number of benzene rings is 1. The first-order chi connectivity index (χ1) is 9.02. The van der Waals surface area contributed by atoms with Gasteiger partial charge in [0.1, 0.15) is 0 Å². The van der Waals surface area contributed by atoms with E-state index in [9.17, 15) is 9.59 Å². The van der Waals surface area contributed by atoms with E-state index in [1.165, 1.54) is 14.0 Å². The lowest BCUT2D eigenvalue weighted by atomic mass is 10.2. The first kappa shape index (κ1) is 15.5. The summed E-state index contributed by atoms with van der Waals surface area (Å²) in [6, 6.07) is 6.37. The molecule has 0 spiro atoms. The van der Waals surface area contributed by atoms with Crippen molar-refractivity contribution in [2.45, 2.75) is 19.6 Å². The smallest absolute Gasteiger partial charge is 0.330 e. The Bertz CT molecular complexity index is 433. The van der Waals surface area contributed by atoms with Crippen molar-refractivity contribution in [1.82, 2.24) is 5.32 Å². The van der Waals surface area contributed by atoms with Crippen LogP contribution in [0.15, 0.2) is 24.3 Å². The van der Waals surface area contributed by atoms with E-state index >= 15 is 0 Å². The molecule has 0 fully saturated rings. The van der Waals surface area contributed by atoms with E-state index in [0.717, 1.165) is 5.56 Å². The van der Waals surface area contributed by atoms with Crippen LogP contribution < -0.4 is 5.32 Å². The largest absolute Gasteiger partial charge is 0.467 e. The molecule has 19 heavy (non-hydrogen) atoms. The second-order valence-electron chi connectivity index (χ2n) is 3.92. The summed E-state index contributed by atoms with van der Waals surface area (Å²) in [6.07, 6.45) is 0. The van der Waals surface area contributed by atoms with E-state index in [2.05, 4.69) is 10.1 Å². The minimum Gasteiger partial charge on any atom is -0.467 e. The topological polar surface area (TPSA) is 64.6 Å². The summed E-state index contributed by atoms with van der Waals surface area (Å²) in [5, 5.41) is 3.11. The predicted molar refractivity (Wildman–Crippen MR) is 70.7 cm³/mol. The van der Waals surface area contributed by atoms with Gasteiger partial charge in [-0.1, -0.05) is 23.7 Å². The molecule has 1 amide bonds. The molecule has 0 aliphatic carbocycles. The number of carbonyl (C=O) groups is 2. The fourth-order valence-corrected chi connectivity index (χ4v) is 1.56. The Balaban J connectivity index is 2.45. The van der Waals surface area contributed by atoms with E-state index < -0.39 is 12.0 Å². The average Bonchev–Trinajstić information content (AvgIpc) is 2.38. The molecule has 6 heteroatoms. The van der Waals surface area contributed by atoms with Gasteiger partial charge in [0.15, 0.2) is 6.04 Å². The first-order valence-corrected chi connectivity index (χ1v) is 6.08. The van der Waals surface area contributed by atoms with Crippen molar-refractivity contribution in [2.75, 3.05) is 13.7 Å². The lowest BCUT2D eigenvalue weighted by Crippen LogP contribution is -2.43. The zero-order chi connectivity index (χ0) is 14.3. The molecule has 0 bridgehead atoms. The van der Waals surface area contributed by atoms with Crippen LogP contribution in [0.3, 0.4) is 0 Å². The third-order valence-electron chi connectivity index (χ3n) is 2.33. The van der Waals surface area contributed by atoms with Gasteiger partial charge in [0.2, 0.25) is 5.91 Å². The molecule has 1 atom stereocenters. The van der Waals surface area contributed by atoms with Crippen molar-refractivity contribution in [1.29, 1.82) is 0 Å². The van der Waals surface area contributed by atoms with Crippen molar-refractivity contribution in [3.05, 3.63) is 34.9 Å². The number of hydrogen-bond acceptors (Lipinski definition) is 4. The van der Waals surface area contributed by atoms with Crippen LogP contribution in [0, 0.1) is 0 Å². The maximum absolute atomic E-state index is 11.4. The maximum atomic E-state index is 11.4. The SMILES string of the molecule is COC(=O)C(COCc1ccc(Cl)cc1)NC(C)=O. The Morgan fingerprint density at radius 1 is 1.32 bits per heavy atom. The highest BCUT2D eigenvalue weighted by Gasteiger charge is 2.20. The number of rotatable bonds is 6. The maximum Gasteiger partial charge on any atom is 0.330 e. The molecule has 0 aliphatic heterocycles. The van der Waals surface area contributed by atoms with Crippen LogP contribution in [0.1, 0.15) is 12.5 Å². The lowest BCUT2D eigenvalue weighted by Gasteiger charge is -2.15. The Morgan fingerprint density at radius 2 is 1.95 bits per heavy atom. The van der Waals surface area contributed by atoms with E-state index in [-0.39, 0.29) is 12.5 Å². The third-order valence-corrected chi connectivity index (χ3v) is 2.58. The number of methoxy groups -OCH3 is 1. The molecular formula is C13H16ClNO4. The number of ether oxygens (including phenoxy) is 2. The van der Waals surface area contributed by atoms with Crippen molar-refractivity contribution in [2.24, 2.45) is 0 Å². The molecule has 104 valence electrons. The van der Waals surface area contributed by atoms with Gasteiger partial charge in [0.25, 0.3) is 0 Å². The molecule has 1 aromatic rings. The Labute approximate surface area is 116 Å². The molecule has 0 saturated carbocycles. The standard InChI is InChI=1S/C13H16ClNO4/c1-9(16)15-12(13(17)18-2)8-19-7-10-3-5-11(14)6-4-10/h3-6,12H,7-8H2,1-2H3,(H,15,16). The van der Waals surface area contributed by atoms with Crippen molar-refractivity contribution < 1.29 is 19.1 Å². The van der Waals surface area contributed by atoms with Crippen LogP contribution in [-0.4, -0.2) is 31.6 Å². The summed E-state index contributed by atoms with van der Waals surface area (Å²) in [5.41, 5.74) is 0.927. The zero-order valence-electron chi connectivity index (χ0n) is 10.8. The molecule has 0 radical (unpaired) electrons. The molecule has 1 N–H and O–H groups in total. The molecule has 1 aromatic carbocycles. The zero-order valence-corrected chi connectivity index (χ0v) is 11.6. The molecule has 0 heterocycles. The molecule has 5 nitrogen and oxygen atoms in total. The highest BCUT2D eigenvalue weighted by molar-refractivity contribution is 6.30. The van der Waals surface area contributed by atoms with Crippen LogP contribution in [0.2, 0.25) is 5.02 Å². The molecule has 0 aliphatic rings. The van der Waals surface area contributed by atoms with Gasteiger partial charge >= 0.3 is 5.97 Å². The predicted octanol–water partition coefficient (Wildman–Crippen LogP) is 1.53. The van der Waals surface area contributed by atoms with Gasteiger partial charge in [0, 0.05) is 11.9 Å². The number of halogens is 1.